The number of piperazine rings is 1. The Kier molecular flexibility index (Phi) is 6.71. The number of fused-ring (bicyclic) bond motifs is 1. The number of hydrogen-bond acceptors (Lipinski definition) is 7. The molecule has 0 aromatic carbocycles. The van der Waals surface area contributed by atoms with Crippen molar-refractivity contribution >= 4 is 35.5 Å². The lowest BCUT2D eigenvalue weighted by Crippen LogP contribution is -2.63. The normalized spacial score (nSPS) is 33.5. The molecule has 0 bridgehead atoms. The van der Waals surface area contributed by atoms with Gasteiger partial charge in [0, 0.05) is 22.6 Å². The van der Waals surface area contributed by atoms with Crippen molar-refractivity contribution in [2.75, 3.05) is 46.3 Å². The number of aliphatic carboxylic acids is 2. The van der Waals surface area contributed by atoms with Crippen LogP contribution in [0.4, 0.5) is 0 Å². The van der Waals surface area contributed by atoms with Gasteiger partial charge in [-0.25, -0.2) is 9.59 Å². The van der Waals surface area contributed by atoms with Crippen LogP contribution >= 0.6 is 11.8 Å². The molecule has 34 heavy (non-hydrogen) atoms. The molecule has 12 heteroatoms. The molecule has 4 N–H and O–H groups in total. The number of quaternary nitrogens is 1. The number of hydrogen-bond donors (Lipinski definition) is 4. The van der Waals surface area contributed by atoms with E-state index in [-0.39, 0.29) is 47.3 Å². The van der Waals surface area contributed by atoms with Gasteiger partial charge in [0.1, 0.15) is 5.70 Å². The minimum atomic E-state index is -1.15. The van der Waals surface area contributed by atoms with Crippen LogP contribution in [-0.2, 0) is 19.2 Å². The van der Waals surface area contributed by atoms with Crippen molar-refractivity contribution in [1.29, 1.82) is 0 Å². The minimum absolute atomic E-state index is 0.00527. The standard InChI is InChI=1S/C22H32N4O7S/c1-11-17-16(12(2)27)21(31)25(17)18(22(32)33)19(11)34-13-8-14(23-9-13)20(30)24-4-6-26(3,7-5-24)10-15(28)29/h11-14,16-17,23,27H,4-10H2,1-3H3,(H-,28,29,32,33)/p+1/t11-,12-,13+,14+,16-,17-/m1/s1. The van der Waals surface area contributed by atoms with Crippen molar-refractivity contribution < 1.29 is 39.0 Å². The molecule has 11 nitrogen and oxygen atoms in total. The quantitative estimate of drug-likeness (QED) is 0.256. The molecule has 0 unspecified atom stereocenters. The van der Waals surface area contributed by atoms with Gasteiger partial charge in [0.25, 0.3) is 0 Å². The second kappa shape index (κ2) is 9.14. The first-order valence-corrected chi connectivity index (χ1v) is 12.5. The predicted molar refractivity (Wildman–Crippen MR) is 122 cm³/mol. The highest BCUT2D eigenvalue weighted by molar-refractivity contribution is 8.03. The molecule has 0 aliphatic carbocycles. The molecular weight excluding hydrogens is 464 g/mol. The largest absolute Gasteiger partial charge is 0.477 e. The number of nitrogens with zero attached hydrogens (tertiary/aromatic N) is 3. The highest BCUT2D eigenvalue weighted by Gasteiger charge is 2.60. The summed E-state index contributed by atoms with van der Waals surface area (Å²) in [5.74, 6) is -3.15. The molecule has 0 radical (unpaired) electrons. The van der Waals surface area contributed by atoms with Crippen molar-refractivity contribution in [3.8, 4) is 0 Å². The van der Waals surface area contributed by atoms with Gasteiger partial charge < -0.3 is 34.9 Å². The van der Waals surface area contributed by atoms with Gasteiger partial charge in [-0.15, -0.1) is 11.8 Å². The molecule has 0 spiro atoms. The van der Waals surface area contributed by atoms with Gasteiger partial charge in [-0.3, -0.25) is 9.59 Å². The van der Waals surface area contributed by atoms with Crippen LogP contribution in [0.15, 0.2) is 10.6 Å². The topological polar surface area (TPSA) is 147 Å². The maximum atomic E-state index is 13.1. The average molecular weight is 498 g/mol. The summed E-state index contributed by atoms with van der Waals surface area (Å²) in [6.45, 7) is 6.21. The summed E-state index contributed by atoms with van der Waals surface area (Å²) in [4.78, 5) is 52.4. The maximum Gasteiger partial charge on any atom is 0.359 e. The highest BCUT2D eigenvalue weighted by atomic mass is 32.2. The van der Waals surface area contributed by atoms with Crippen molar-refractivity contribution in [2.45, 2.75) is 43.7 Å². The fraction of sp³-hybridized carbons (Fsp3) is 0.727. The van der Waals surface area contributed by atoms with E-state index in [1.165, 1.54) is 16.7 Å². The smallest absolute Gasteiger partial charge is 0.359 e. The number of carboxylic acid groups (broad SMARTS) is 2. The summed E-state index contributed by atoms with van der Waals surface area (Å²) in [5.41, 5.74) is 0.00527. The van der Waals surface area contributed by atoms with E-state index >= 15 is 0 Å². The van der Waals surface area contributed by atoms with Crippen molar-refractivity contribution in [3.05, 3.63) is 10.6 Å². The van der Waals surface area contributed by atoms with Crippen molar-refractivity contribution in [1.82, 2.24) is 15.1 Å². The van der Waals surface area contributed by atoms with Crippen LogP contribution in [0, 0.1) is 11.8 Å². The molecule has 4 aliphatic rings. The lowest BCUT2D eigenvalue weighted by Gasteiger charge is -2.46. The first-order valence-electron chi connectivity index (χ1n) is 11.7. The van der Waals surface area contributed by atoms with Crippen LogP contribution in [0.5, 0.6) is 0 Å². The SMILES string of the molecule is C[C@@H](O)[C@H]1C(=O)N2C(C(=O)O)=C(S[C@@H]3CN[C@H](C(=O)N4CC[N+](C)(CC(=O)O)CC4)C3)[C@H](C)[C@H]12. The zero-order valence-corrected chi connectivity index (χ0v) is 20.5. The van der Waals surface area contributed by atoms with Gasteiger partial charge in [0.15, 0.2) is 6.54 Å². The Labute approximate surface area is 202 Å². The second-order valence-corrected chi connectivity index (χ2v) is 11.5. The molecule has 188 valence electrons. The number of aliphatic hydroxyl groups excluding tert-OH is 1. The van der Waals surface area contributed by atoms with Gasteiger partial charge in [-0.1, -0.05) is 6.92 Å². The monoisotopic (exact) mass is 497 g/mol. The van der Waals surface area contributed by atoms with E-state index < -0.39 is 24.0 Å². The van der Waals surface area contributed by atoms with E-state index in [0.29, 0.717) is 48.5 Å². The predicted octanol–water partition coefficient (Wildman–Crippen LogP) is -1.02. The number of carbonyl (C=O) groups excluding carboxylic acids is 2. The number of carboxylic acids is 2. The highest BCUT2D eigenvalue weighted by Crippen LogP contribution is 2.51. The minimum Gasteiger partial charge on any atom is -0.477 e. The molecule has 6 atom stereocenters. The van der Waals surface area contributed by atoms with E-state index in [1.807, 2.05) is 14.0 Å². The number of rotatable bonds is 7. The van der Waals surface area contributed by atoms with E-state index in [1.54, 1.807) is 11.8 Å². The first kappa shape index (κ1) is 25.0. The first-order chi connectivity index (χ1) is 15.9. The van der Waals surface area contributed by atoms with Crippen LogP contribution in [0.2, 0.25) is 0 Å². The molecule has 0 aromatic heterocycles. The fourth-order valence-corrected chi connectivity index (χ4v) is 7.19. The fourth-order valence-electron chi connectivity index (χ4n) is 5.71. The zero-order chi connectivity index (χ0) is 24.9. The zero-order valence-electron chi connectivity index (χ0n) is 19.6. The van der Waals surface area contributed by atoms with Crippen LogP contribution in [0.1, 0.15) is 20.3 Å². The van der Waals surface area contributed by atoms with Crippen molar-refractivity contribution in [3.63, 3.8) is 0 Å². The number of nitrogens with one attached hydrogen (secondary N) is 1. The van der Waals surface area contributed by atoms with E-state index in [9.17, 15) is 29.4 Å². The van der Waals surface area contributed by atoms with Crippen LogP contribution in [-0.4, -0.2) is 123 Å². The summed E-state index contributed by atoms with van der Waals surface area (Å²) in [6, 6.07) is -0.720. The number of likely N-dealkylation sites (N-methyl/N-ethyl adjacent to an activating group) is 1. The third-order valence-electron chi connectivity index (χ3n) is 7.64. The van der Waals surface area contributed by atoms with Gasteiger partial charge in [0.2, 0.25) is 11.8 Å². The Morgan fingerprint density at radius 3 is 2.44 bits per heavy atom. The third kappa shape index (κ3) is 4.32. The molecule has 4 aliphatic heterocycles. The molecular formula is C22H33N4O7S+. The third-order valence-corrected chi connectivity index (χ3v) is 9.15. The van der Waals surface area contributed by atoms with Crippen molar-refractivity contribution in [2.24, 2.45) is 11.8 Å². The number of aliphatic hydroxyl groups is 1. The number of amides is 2. The summed E-state index contributed by atoms with van der Waals surface area (Å²) >= 11 is 1.42. The second-order valence-electron chi connectivity index (χ2n) is 10.2. The summed E-state index contributed by atoms with van der Waals surface area (Å²) < 4.78 is 0.406. The Morgan fingerprint density at radius 1 is 1.24 bits per heavy atom. The van der Waals surface area contributed by atoms with Crippen LogP contribution in [0.3, 0.4) is 0 Å². The van der Waals surface area contributed by atoms with Crippen LogP contribution in [0.25, 0.3) is 0 Å². The van der Waals surface area contributed by atoms with Gasteiger partial charge >= 0.3 is 11.9 Å². The Balaban J connectivity index is 1.38. The van der Waals surface area contributed by atoms with E-state index in [4.69, 9.17) is 5.11 Å². The van der Waals surface area contributed by atoms with E-state index in [0.717, 1.165) is 0 Å². The average Bonchev–Trinajstić information content (AvgIpc) is 3.29. The summed E-state index contributed by atoms with van der Waals surface area (Å²) in [6.07, 6.45) is -0.297. The molecule has 3 saturated heterocycles. The number of thioether (sulfide) groups is 1. The maximum absolute atomic E-state index is 13.1. The molecule has 0 saturated carbocycles. The van der Waals surface area contributed by atoms with Crippen LogP contribution < -0.4 is 5.32 Å². The molecule has 2 amide bonds. The van der Waals surface area contributed by atoms with Gasteiger partial charge in [0.05, 0.1) is 57.3 Å². The molecule has 4 rings (SSSR count). The molecule has 4 heterocycles. The summed E-state index contributed by atoms with van der Waals surface area (Å²) in [7, 11) is 1.89. The molecule has 3 fully saturated rings. The van der Waals surface area contributed by atoms with E-state index in [2.05, 4.69) is 5.32 Å². The number of β-lactam (4-membered cyclic amide) rings is 1. The Morgan fingerprint density at radius 2 is 1.88 bits per heavy atom. The Bertz CT molecular complexity index is 930. The lowest BCUT2D eigenvalue weighted by atomic mass is 9.79. The Hall–Kier alpha value is -2.15. The van der Waals surface area contributed by atoms with Gasteiger partial charge in [-0.05, 0) is 13.3 Å². The summed E-state index contributed by atoms with van der Waals surface area (Å²) in [5, 5.41) is 32.2. The van der Waals surface area contributed by atoms with Gasteiger partial charge in [-0.2, -0.15) is 0 Å². The molecule has 0 aromatic rings. The lowest BCUT2D eigenvalue weighted by molar-refractivity contribution is -0.906. The number of carbonyl (C=O) groups is 4.